The highest BCUT2D eigenvalue weighted by atomic mass is 32.2. The Morgan fingerprint density at radius 1 is 1.30 bits per heavy atom. The van der Waals surface area contributed by atoms with Crippen molar-refractivity contribution in [1.82, 2.24) is 5.32 Å². The number of unbranched alkanes of at least 4 members (excludes halogenated alkanes) is 1. The van der Waals surface area contributed by atoms with Gasteiger partial charge in [-0.15, -0.1) is 18.9 Å². The third-order valence-corrected chi connectivity index (χ3v) is 6.10. The molecule has 1 heterocycles. The Morgan fingerprint density at radius 3 is 2.79 bits per heavy atom. The van der Waals surface area contributed by atoms with Crippen molar-refractivity contribution in [2.45, 2.75) is 44.4 Å². The molecule has 172 valence electrons. The topological polar surface area (TPSA) is 41.5 Å². The third-order valence-electron chi connectivity index (χ3n) is 4.93. The summed E-state index contributed by atoms with van der Waals surface area (Å²) in [5, 5.41) is 2.77. The number of aliphatic imine (C=N–C) groups is 1. The molecule has 0 aromatic heterocycles. The lowest BCUT2D eigenvalue weighted by Gasteiger charge is -2.18. The molecule has 3 rings (SSSR count). The van der Waals surface area contributed by atoms with Crippen LogP contribution < -0.4 is 5.32 Å². The zero-order chi connectivity index (χ0) is 24.1. The van der Waals surface area contributed by atoms with Crippen LogP contribution in [0, 0.1) is 18.2 Å². The van der Waals surface area contributed by atoms with E-state index >= 15 is 0 Å². The molecule has 0 aliphatic carbocycles. The summed E-state index contributed by atoms with van der Waals surface area (Å²) in [6, 6.07) is 14.7. The molecule has 0 saturated heterocycles. The molecule has 1 aliphatic rings. The van der Waals surface area contributed by atoms with Crippen LogP contribution in [0.25, 0.3) is 0 Å². The average Bonchev–Trinajstić information content (AvgIpc) is 2.79. The van der Waals surface area contributed by atoms with Gasteiger partial charge in [-0.3, -0.25) is 9.79 Å². The van der Waals surface area contributed by atoms with Gasteiger partial charge in [0.15, 0.2) is 0 Å². The molecular formula is C28H31FN2OS. The van der Waals surface area contributed by atoms with E-state index in [9.17, 15) is 9.18 Å². The predicted molar refractivity (Wildman–Crippen MR) is 138 cm³/mol. The van der Waals surface area contributed by atoms with Crippen LogP contribution in [0.4, 0.5) is 4.39 Å². The molecule has 1 N–H and O–H groups in total. The number of rotatable bonds is 7. The summed E-state index contributed by atoms with van der Waals surface area (Å²) in [6.07, 6.45) is 10.3. The highest BCUT2D eigenvalue weighted by Gasteiger charge is 2.17. The number of terminal acetylenes is 1. The number of halogens is 1. The Bertz CT molecular complexity index is 1070. The average molecular weight is 463 g/mol. The maximum Gasteiger partial charge on any atom is 0.223 e. The van der Waals surface area contributed by atoms with Crippen LogP contribution in [0.2, 0.25) is 0 Å². The summed E-state index contributed by atoms with van der Waals surface area (Å²) in [5.41, 5.74) is 3.77. The van der Waals surface area contributed by atoms with Gasteiger partial charge in [-0.1, -0.05) is 61.5 Å². The molecule has 1 amide bonds. The summed E-state index contributed by atoms with van der Waals surface area (Å²) in [4.78, 5) is 17.8. The van der Waals surface area contributed by atoms with E-state index in [-0.39, 0.29) is 11.7 Å². The Hall–Kier alpha value is -3.10. The van der Waals surface area contributed by atoms with Gasteiger partial charge in [0.2, 0.25) is 5.91 Å². The van der Waals surface area contributed by atoms with Gasteiger partial charge in [-0.05, 0) is 42.0 Å². The zero-order valence-corrected chi connectivity index (χ0v) is 20.2. The Balaban J connectivity index is 0.000000328. The van der Waals surface area contributed by atoms with Crippen molar-refractivity contribution >= 4 is 23.4 Å². The van der Waals surface area contributed by atoms with Crippen molar-refractivity contribution in [1.29, 1.82) is 0 Å². The molecule has 33 heavy (non-hydrogen) atoms. The minimum atomic E-state index is -0.257. The molecule has 0 radical (unpaired) electrons. The number of allylic oxidation sites excluding steroid dienone is 1. The summed E-state index contributed by atoms with van der Waals surface area (Å²) >= 11 is 1.71. The van der Waals surface area contributed by atoms with Crippen LogP contribution in [-0.4, -0.2) is 24.7 Å². The summed E-state index contributed by atoms with van der Waals surface area (Å²) in [6.45, 7) is 8.98. The summed E-state index contributed by atoms with van der Waals surface area (Å²) < 4.78 is 13.6. The van der Waals surface area contributed by atoms with Crippen LogP contribution in [0.3, 0.4) is 0 Å². The first-order valence-corrected chi connectivity index (χ1v) is 11.9. The number of hydrogen-bond acceptors (Lipinski definition) is 3. The fourth-order valence-corrected chi connectivity index (χ4v) is 4.19. The number of hydrogen-bond donors (Lipinski definition) is 1. The van der Waals surface area contributed by atoms with Crippen molar-refractivity contribution in [2.75, 3.05) is 13.1 Å². The first-order chi connectivity index (χ1) is 16.0. The van der Waals surface area contributed by atoms with E-state index in [1.54, 1.807) is 23.9 Å². The molecule has 5 heteroatoms. The Kier molecular flexibility index (Phi) is 11.2. The smallest absolute Gasteiger partial charge is 0.223 e. The van der Waals surface area contributed by atoms with Crippen LogP contribution in [-0.2, 0) is 4.79 Å². The fraction of sp³-hybridized carbons (Fsp3) is 0.286. The first-order valence-electron chi connectivity index (χ1n) is 11.1. The Labute approximate surface area is 201 Å². The zero-order valence-electron chi connectivity index (χ0n) is 19.4. The van der Waals surface area contributed by atoms with Crippen molar-refractivity contribution in [3.05, 3.63) is 88.6 Å². The number of thioether (sulfide) groups is 1. The van der Waals surface area contributed by atoms with Crippen molar-refractivity contribution < 1.29 is 9.18 Å². The SMILES string of the molecule is C#CC/C1=C(\C)Sc2ccccc2C(c2cccc(F)c2)=NC1.C=CCC(=O)NCCCC. The van der Waals surface area contributed by atoms with E-state index in [1.807, 2.05) is 24.3 Å². The molecule has 3 nitrogen and oxygen atoms in total. The van der Waals surface area contributed by atoms with Crippen LogP contribution >= 0.6 is 11.8 Å². The quantitative estimate of drug-likeness (QED) is 0.288. The lowest BCUT2D eigenvalue weighted by Crippen LogP contribution is -2.23. The standard InChI is InChI=1S/C20H16FNS.C8H15NO/c1-3-7-16-13-22-20(15-8-6-9-17(21)12-15)18-10-4-5-11-19(18)23-14(16)2;1-3-5-7-9-8(10)6-4-2/h1,4-6,8-12H,7,13H2,2H3;4H,2-3,5-7H2,1H3,(H,9,10)/b16-14-,22-20?;. The minimum absolute atomic E-state index is 0.0726. The lowest BCUT2D eigenvalue weighted by atomic mass is 10.0. The molecular weight excluding hydrogens is 431 g/mol. The van der Waals surface area contributed by atoms with Crippen LogP contribution in [0.15, 0.2) is 81.6 Å². The van der Waals surface area contributed by atoms with E-state index in [2.05, 4.69) is 37.7 Å². The van der Waals surface area contributed by atoms with Gasteiger partial charge in [0.25, 0.3) is 0 Å². The van der Waals surface area contributed by atoms with E-state index in [0.717, 1.165) is 46.7 Å². The van der Waals surface area contributed by atoms with E-state index in [4.69, 9.17) is 11.4 Å². The van der Waals surface area contributed by atoms with E-state index in [0.29, 0.717) is 19.4 Å². The van der Waals surface area contributed by atoms with Gasteiger partial charge >= 0.3 is 0 Å². The summed E-state index contributed by atoms with van der Waals surface area (Å²) in [7, 11) is 0. The van der Waals surface area contributed by atoms with E-state index in [1.165, 1.54) is 17.0 Å². The molecule has 0 atom stereocenters. The lowest BCUT2D eigenvalue weighted by molar-refractivity contribution is -0.120. The monoisotopic (exact) mass is 462 g/mol. The highest BCUT2D eigenvalue weighted by molar-refractivity contribution is 8.03. The molecule has 0 saturated carbocycles. The Morgan fingerprint density at radius 2 is 2.09 bits per heavy atom. The van der Waals surface area contributed by atoms with Gasteiger partial charge < -0.3 is 5.32 Å². The fourth-order valence-electron chi connectivity index (χ4n) is 3.15. The van der Waals surface area contributed by atoms with Crippen molar-refractivity contribution in [3.8, 4) is 12.3 Å². The molecule has 0 spiro atoms. The van der Waals surface area contributed by atoms with Gasteiger partial charge in [0.05, 0.1) is 12.3 Å². The normalized spacial score (nSPS) is 14.9. The second kappa shape index (κ2) is 14.1. The molecule has 2 aromatic carbocycles. The number of amides is 1. The maximum atomic E-state index is 13.6. The number of benzene rings is 2. The number of nitrogens with zero attached hydrogens (tertiary/aromatic N) is 1. The number of nitrogens with one attached hydrogen (secondary N) is 1. The first kappa shape index (κ1) is 26.2. The second-order valence-electron chi connectivity index (χ2n) is 7.51. The van der Waals surface area contributed by atoms with Gasteiger partial charge in [-0.25, -0.2) is 4.39 Å². The van der Waals surface area contributed by atoms with Gasteiger partial charge in [-0.2, -0.15) is 0 Å². The highest BCUT2D eigenvalue weighted by Crippen LogP contribution is 2.35. The molecule has 2 aromatic rings. The number of fused-ring (bicyclic) bond motifs is 1. The maximum absolute atomic E-state index is 13.6. The van der Waals surface area contributed by atoms with Crippen molar-refractivity contribution in [3.63, 3.8) is 0 Å². The third kappa shape index (κ3) is 8.40. The minimum Gasteiger partial charge on any atom is -0.356 e. The number of carbonyl (C=O) groups excluding carboxylic acids is 1. The second-order valence-corrected chi connectivity index (χ2v) is 8.77. The van der Waals surface area contributed by atoms with Gasteiger partial charge in [0.1, 0.15) is 5.82 Å². The molecule has 0 bridgehead atoms. The van der Waals surface area contributed by atoms with Crippen LogP contribution in [0.5, 0.6) is 0 Å². The van der Waals surface area contributed by atoms with Gasteiger partial charge in [0, 0.05) is 35.4 Å². The molecule has 1 aliphatic heterocycles. The van der Waals surface area contributed by atoms with Crippen LogP contribution in [0.1, 0.15) is 50.7 Å². The van der Waals surface area contributed by atoms with Crippen molar-refractivity contribution in [2.24, 2.45) is 4.99 Å². The predicted octanol–water partition coefficient (Wildman–Crippen LogP) is 6.54. The number of carbonyl (C=O) groups is 1. The molecule has 0 unspecified atom stereocenters. The molecule has 0 fully saturated rings. The largest absolute Gasteiger partial charge is 0.356 e. The van der Waals surface area contributed by atoms with E-state index < -0.39 is 0 Å². The summed E-state index contributed by atoms with van der Waals surface area (Å²) in [5.74, 6) is 2.52.